The second-order valence-electron chi connectivity index (χ2n) is 3.73. The first-order valence-corrected chi connectivity index (χ1v) is 4.43. The van der Waals surface area contributed by atoms with E-state index < -0.39 is 0 Å². The van der Waals surface area contributed by atoms with Gasteiger partial charge in [0.15, 0.2) is 0 Å². The highest BCUT2D eigenvalue weighted by Crippen LogP contribution is 2.21. The quantitative estimate of drug-likeness (QED) is 0.725. The maximum Gasteiger partial charge on any atom is 0.119 e. The van der Waals surface area contributed by atoms with Crippen LogP contribution in [-0.2, 0) is 6.42 Å². The molecule has 0 amide bonds. The fourth-order valence-corrected chi connectivity index (χ4v) is 1.43. The maximum atomic E-state index is 8.80. The summed E-state index contributed by atoms with van der Waals surface area (Å²) in [4.78, 5) is 3.05. The van der Waals surface area contributed by atoms with Crippen LogP contribution in [0.25, 0.3) is 0 Å². The van der Waals surface area contributed by atoms with E-state index in [2.05, 4.69) is 24.9 Å². The number of nitrogens with one attached hydrogen (secondary N) is 1. The van der Waals surface area contributed by atoms with E-state index in [9.17, 15) is 0 Å². The molecule has 0 aliphatic heterocycles. The minimum atomic E-state index is 0.496. The summed E-state index contributed by atoms with van der Waals surface area (Å²) in [6, 6.07) is 2.10. The fraction of sp³-hybridized carbons (Fsp3) is 0.500. The van der Waals surface area contributed by atoms with E-state index in [0.29, 0.717) is 17.3 Å². The molecule has 0 bridgehead atoms. The lowest BCUT2D eigenvalue weighted by Gasteiger charge is -2.02. The molecule has 0 unspecified atom stereocenters. The Hall–Kier alpha value is -1.43. The van der Waals surface area contributed by atoms with Crippen molar-refractivity contribution in [1.29, 1.82) is 5.26 Å². The zero-order chi connectivity index (χ0) is 10.0. The number of anilines is 1. The molecule has 70 valence electrons. The number of nitrogens with zero attached hydrogens (tertiary/aromatic N) is 1. The third-order valence-electron chi connectivity index (χ3n) is 2.11. The van der Waals surface area contributed by atoms with Crippen LogP contribution in [0, 0.1) is 24.2 Å². The molecule has 0 aliphatic rings. The first kappa shape index (κ1) is 9.66. The second kappa shape index (κ2) is 3.53. The topological polar surface area (TPSA) is 65.6 Å². The zero-order valence-electron chi connectivity index (χ0n) is 8.31. The molecule has 0 atom stereocenters. The molecule has 1 aromatic rings. The lowest BCUT2D eigenvalue weighted by molar-refractivity contribution is 0.635. The molecule has 3 nitrogen and oxygen atoms in total. The van der Waals surface area contributed by atoms with E-state index >= 15 is 0 Å². The van der Waals surface area contributed by atoms with E-state index in [4.69, 9.17) is 11.0 Å². The van der Waals surface area contributed by atoms with Crippen molar-refractivity contribution in [2.75, 3.05) is 5.73 Å². The summed E-state index contributed by atoms with van der Waals surface area (Å²) < 4.78 is 0. The smallest absolute Gasteiger partial charge is 0.119 e. The highest BCUT2D eigenvalue weighted by molar-refractivity contribution is 5.56. The fourth-order valence-electron chi connectivity index (χ4n) is 1.43. The number of H-pyrrole nitrogens is 1. The molecular weight excluding hydrogens is 162 g/mol. The molecule has 0 spiro atoms. The van der Waals surface area contributed by atoms with Crippen LogP contribution in [0.2, 0.25) is 0 Å². The molecule has 3 heteroatoms. The standard InChI is InChI=1S/C10H15N3/c1-6(2)4-9-7(3)8(5-11)10(12)13-9/h6,13H,4,12H2,1-3H3. The Bertz CT molecular complexity index is 342. The minimum absolute atomic E-state index is 0.496. The summed E-state index contributed by atoms with van der Waals surface area (Å²) in [7, 11) is 0. The number of nitriles is 1. The van der Waals surface area contributed by atoms with Gasteiger partial charge in [-0.05, 0) is 24.8 Å². The van der Waals surface area contributed by atoms with Crippen molar-refractivity contribution in [2.24, 2.45) is 5.92 Å². The van der Waals surface area contributed by atoms with Gasteiger partial charge in [0.05, 0.1) is 5.56 Å². The van der Waals surface area contributed by atoms with E-state index in [-0.39, 0.29) is 0 Å². The molecule has 0 aromatic carbocycles. The van der Waals surface area contributed by atoms with Crippen molar-refractivity contribution in [3.63, 3.8) is 0 Å². The largest absolute Gasteiger partial charge is 0.384 e. The molecule has 0 fully saturated rings. The van der Waals surface area contributed by atoms with Gasteiger partial charge in [0.2, 0.25) is 0 Å². The highest BCUT2D eigenvalue weighted by atomic mass is 14.9. The molecule has 13 heavy (non-hydrogen) atoms. The Morgan fingerprint density at radius 3 is 2.54 bits per heavy atom. The van der Waals surface area contributed by atoms with E-state index in [1.54, 1.807) is 0 Å². The van der Waals surface area contributed by atoms with Gasteiger partial charge in [-0.2, -0.15) is 5.26 Å². The van der Waals surface area contributed by atoms with Crippen molar-refractivity contribution in [3.05, 3.63) is 16.8 Å². The van der Waals surface area contributed by atoms with Gasteiger partial charge in [0.25, 0.3) is 0 Å². The molecule has 3 N–H and O–H groups in total. The van der Waals surface area contributed by atoms with Gasteiger partial charge in [-0.3, -0.25) is 0 Å². The Balaban J connectivity index is 3.05. The van der Waals surface area contributed by atoms with Gasteiger partial charge in [-0.1, -0.05) is 13.8 Å². The maximum absolute atomic E-state index is 8.80. The van der Waals surface area contributed by atoms with Crippen LogP contribution in [0.1, 0.15) is 30.7 Å². The Kier molecular flexibility index (Phi) is 2.62. The van der Waals surface area contributed by atoms with Gasteiger partial charge in [0, 0.05) is 5.69 Å². The van der Waals surface area contributed by atoms with Crippen LogP contribution >= 0.6 is 0 Å². The number of hydrogen-bond acceptors (Lipinski definition) is 2. The summed E-state index contributed by atoms with van der Waals surface area (Å²) in [6.45, 7) is 6.22. The van der Waals surface area contributed by atoms with Crippen molar-refractivity contribution in [2.45, 2.75) is 27.2 Å². The first-order chi connectivity index (χ1) is 6.06. The predicted octanol–water partition coefficient (Wildman–Crippen LogP) is 1.98. The molecule has 0 radical (unpaired) electrons. The number of aromatic amines is 1. The monoisotopic (exact) mass is 177 g/mol. The van der Waals surface area contributed by atoms with Crippen LogP contribution in [0.5, 0.6) is 0 Å². The number of hydrogen-bond donors (Lipinski definition) is 2. The molecule has 1 heterocycles. The lowest BCUT2D eigenvalue weighted by Crippen LogP contribution is -1.96. The average molecular weight is 177 g/mol. The molecule has 1 aromatic heterocycles. The zero-order valence-corrected chi connectivity index (χ0v) is 8.31. The summed E-state index contributed by atoms with van der Waals surface area (Å²) in [5.41, 5.74) is 8.32. The number of nitrogen functional groups attached to an aromatic ring is 1. The highest BCUT2D eigenvalue weighted by Gasteiger charge is 2.11. The van der Waals surface area contributed by atoms with E-state index in [1.165, 1.54) is 0 Å². The van der Waals surface area contributed by atoms with Crippen LogP contribution in [0.3, 0.4) is 0 Å². The minimum Gasteiger partial charge on any atom is -0.384 e. The first-order valence-electron chi connectivity index (χ1n) is 4.43. The van der Waals surface area contributed by atoms with Crippen LogP contribution in [-0.4, -0.2) is 4.98 Å². The van der Waals surface area contributed by atoms with E-state index in [0.717, 1.165) is 17.7 Å². The Morgan fingerprint density at radius 1 is 1.54 bits per heavy atom. The molecule has 1 rings (SSSR count). The third kappa shape index (κ3) is 1.83. The van der Waals surface area contributed by atoms with Gasteiger partial charge < -0.3 is 10.7 Å². The van der Waals surface area contributed by atoms with Gasteiger partial charge in [-0.15, -0.1) is 0 Å². The van der Waals surface area contributed by atoms with Gasteiger partial charge in [-0.25, -0.2) is 0 Å². The van der Waals surface area contributed by atoms with Crippen molar-refractivity contribution < 1.29 is 0 Å². The van der Waals surface area contributed by atoms with Crippen LogP contribution in [0.15, 0.2) is 0 Å². The Labute approximate surface area is 78.6 Å². The summed E-state index contributed by atoms with van der Waals surface area (Å²) in [5, 5.41) is 8.80. The second-order valence-corrected chi connectivity index (χ2v) is 3.73. The Morgan fingerprint density at radius 2 is 2.15 bits per heavy atom. The molecular formula is C10H15N3. The van der Waals surface area contributed by atoms with Crippen molar-refractivity contribution in [3.8, 4) is 6.07 Å². The number of aromatic nitrogens is 1. The third-order valence-corrected chi connectivity index (χ3v) is 2.11. The summed E-state index contributed by atoms with van der Waals surface area (Å²) in [5.74, 6) is 1.07. The van der Waals surface area contributed by atoms with Crippen LogP contribution < -0.4 is 5.73 Å². The van der Waals surface area contributed by atoms with Crippen LogP contribution in [0.4, 0.5) is 5.82 Å². The van der Waals surface area contributed by atoms with Crippen molar-refractivity contribution >= 4 is 5.82 Å². The van der Waals surface area contributed by atoms with Crippen molar-refractivity contribution in [1.82, 2.24) is 4.98 Å². The SMILES string of the molecule is Cc1c(CC(C)C)[nH]c(N)c1C#N. The number of rotatable bonds is 2. The predicted molar refractivity (Wildman–Crippen MR) is 53.2 cm³/mol. The summed E-state index contributed by atoms with van der Waals surface area (Å²) >= 11 is 0. The lowest BCUT2D eigenvalue weighted by atomic mass is 10.0. The molecule has 0 aliphatic carbocycles. The number of nitrogens with two attached hydrogens (primary N) is 1. The van der Waals surface area contributed by atoms with Gasteiger partial charge >= 0.3 is 0 Å². The summed E-state index contributed by atoms with van der Waals surface area (Å²) in [6.07, 6.45) is 0.942. The van der Waals surface area contributed by atoms with E-state index in [1.807, 2.05) is 6.92 Å². The normalized spacial score (nSPS) is 10.4. The molecule has 0 saturated carbocycles. The molecule has 0 saturated heterocycles. The average Bonchev–Trinajstić information content (AvgIpc) is 2.26. The van der Waals surface area contributed by atoms with Gasteiger partial charge in [0.1, 0.15) is 11.9 Å².